The Morgan fingerprint density at radius 1 is 1.19 bits per heavy atom. The first-order valence-corrected chi connectivity index (χ1v) is 9.23. The third kappa shape index (κ3) is 3.78. The number of hydrogen-bond acceptors (Lipinski definition) is 4. The number of aromatic nitrogens is 1. The lowest BCUT2D eigenvalue weighted by atomic mass is 10.1. The van der Waals surface area contributed by atoms with E-state index in [-0.39, 0.29) is 11.9 Å². The molecule has 3 aromatic rings. The van der Waals surface area contributed by atoms with Crippen molar-refractivity contribution in [3.8, 4) is 5.75 Å². The van der Waals surface area contributed by atoms with E-state index in [9.17, 15) is 4.79 Å². The quantitative estimate of drug-likeness (QED) is 0.758. The molecule has 2 heterocycles. The summed E-state index contributed by atoms with van der Waals surface area (Å²) in [6.45, 7) is 2.74. The highest BCUT2D eigenvalue weighted by Crippen LogP contribution is 2.28. The van der Waals surface area contributed by atoms with Crippen LogP contribution in [0.15, 0.2) is 60.8 Å². The molecule has 1 aliphatic rings. The summed E-state index contributed by atoms with van der Waals surface area (Å²) in [6, 6.07) is 18.2. The molecule has 5 heteroatoms. The molecular formula is C22H23N3O2. The first-order valence-electron chi connectivity index (χ1n) is 9.23. The van der Waals surface area contributed by atoms with Gasteiger partial charge in [0.05, 0.1) is 12.6 Å². The van der Waals surface area contributed by atoms with Crippen molar-refractivity contribution in [2.24, 2.45) is 0 Å². The Balaban J connectivity index is 1.45. The first kappa shape index (κ1) is 17.5. The van der Waals surface area contributed by atoms with Gasteiger partial charge in [0, 0.05) is 37.3 Å². The number of pyridine rings is 1. The minimum absolute atomic E-state index is 0.128. The fourth-order valence-corrected chi connectivity index (χ4v) is 3.70. The maximum Gasteiger partial charge on any atom is 0.256 e. The molecule has 1 unspecified atom stereocenters. The van der Waals surface area contributed by atoms with Gasteiger partial charge in [-0.1, -0.05) is 42.5 Å². The molecule has 1 aliphatic heterocycles. The minimum Gasteiger partial charge on any atom is -0.495 e. The van der Waals surface area contributed by atoms with Gasteiger partial charge < -0.3 is 10.1 Å². The van der Waals surface area contributed by atoms with E-state index in [0.717, 1.165) is 37.0 Å². The predicted octanol–water partition coefficient (Wildman–Crippen LogP) is 3.25. The van der Waals surface area contributed by atoms with Crippen LogP contribution in [0.4, 0.5) is 0 Å². The van der Waals surface area contributed by atoms with Crippen LogP contribution in [0.2, 0.25) is 0 Å². The highest BCUT2D eigenvalue weighted by molar-refractivity contribution is 6.02. The van der Waals surface area contributed by atoms with Gasteiger partial charge in [-0.15, -0.1) is 0 Å². The van der Waals surface area contributed by atoms with Crippen LogP contribution in [-0.2, 0) is 6.54 Å². The number of methoxy groups -OCH3 is 1. The third-order valence-electron chi connectivity index (χ3n) is 5.03. The van der Waals surface area contributed by atoms with Crippen LogP contribution >= 0.6 is 0 Å². The summed E-state index contributed by atoms with van der Waals surface area (Å²) in [4.78, 5) is 19.6. The lowest BCUT2D eigenvalue weighted by Crippen LogP contribution is -2.37. The zero-order valence-electron chi connectivity index (χ0n) is 15.4. The van der Waals surface area contributed by atoms with Gasteiger partial charge >= 0.3 is 0 Å². The monoisotopic (exact) mass is 361 g/mol. The van der Waals surface area contributed by atoms with Gasteiger partial charge in [0.1, 0.15) is 11.3 Å². The number of benzene rings is 2. The van der Waals surface area contributed by atoms with Gasteiger partial charge in [0.25, 0.3) is 5.91 Å². The standard InChI is InChI=1S/C22H23N3O2/c1-27-21-18-9-5-6-10-20(18)23-13-19(21)22(26)24-17-11-12-25(15-17)14-16-7-3-2-4-8-16/h2-10,13,17H,11-12,14-15H2,1H3,(H,24,26). The second-order valence-corrected chi connectivity index (χ2v) is 6.90. The fraction of sp³-hybridized carbons (Fsp3) is 0.273. The number of nitrogens with one attached hydrogen (secondary N) is 1. The van der Waals surface area contributed by atoms with E-state index in [1.54, 1.807) is 13.3 Å². The molecule has 5 nitrogen and oxygen atoms in total. The molecule has 2 aromatic carbocycles. The van der Waals surface area contributed by atoms with Crippen LogP contribution < -0.4 is 10.1 Å². The van der Waals surface area contributed by atoms with Crippen molar-refractivity contribution in [3.05, 3.63) is 71.9 Å². The van der Waals surface area contributed by atoms with Crippen molar-refractivity contribution in [2.45, 2.75) is 19.0 Å². The highest BCUT2D eigenvalue weighted by atomic mass is 16.5. The van der Waals surface area contributed by atoms with Crippen molar-refractivity contribution >= 4 is 16.8 Å². The number of carbonyl (C=O) groups excluding carboxylic acids is 1. The van der Waals surface area contributed by atoms with E-state index in [1.807, 2.05) is 30.3 Å². The average molecular weight is 361 g/mol. The van der Waals surface area contributed by atoms with E-state index in [4.69, 9.17) is 4.74 Å². The molecule has 0 radical (unpaired) electrons. The van der Waals surface area contributed by atoms with Gasteiger partial charge in [0.2, 0.25) is 0 Å². The largest absolute Gasteiger partial charge is 0.495 e. The number of likely N-dealkylation sites (tertiary alicyclic amines) is 1. The molecule has 4 rings (SSSR count). The van der Waals surface area contributed by atoms with Gasteiger partial charge in [-0.05, 0) is 24.1 Å². The Morgan fingerprint density at radius 2 is 1.96 bits per heavy atom. The Bertz CT molecular complexity index is 943. The third-order valence-corrected chi connectivity index (χ3v) is 5.03. The topological polar surface area (TPSA) is 54.5 Å². The van der Waals surface area contributed by atoms with Crippen LogP contribution in [0, 0.1) is 0 Å². The highest BCUT2D eigenvalue weighted by Gasteiger charge is 2.25. The van der Waals surface area contributed by atoms with Crippen LogP contribution in [0.3, 0.4) is 0 Å². The molecule has 27 heavy (non-hydrogen) atoms. The maximum atomic E-state index is 12.8. The second-order valence-electron chi connectivity index (χ2n) is 6.90. The van der Waals surface area contributed by atoms with Crippen LogP contribution in [-0.4, -0.2) is 42.0 Å². The van der Waals surface area contributed by atoms with E-state index in [0.29, 0.717) is 11.3 Å². The minimum atomic E-state index is -0.128. The molecule has 1 saturated heterocycles. The molecule has 0 saturated carbocycles. The zero-order valence-corrected chi connectivity index (χ0v) is 15.4. The Labute approximate surface area is 159 Å². The number of para-hydroxylation sites is 1. The molecule has 0 bridgehead atoms. The summed E-state index contributed by atoms with van der Waals surface area (Å²) in [5.74, 6) is 0.453. The van der Waals surface area contributed by atoms with Gasteiger partial charge in [-0.3, -0.25) is 14.7 Å². The second kappa shape index (κ2) is 7.76. The predicted molar refractivity (Wildman–Crippen MR) is 106 cm³/mol. The molecule has 1 aromatic heterocycles. The van der Waals surface area contributed by atoms with Crippen LogP contribution in [0.1, 0.15) is 22.3 Å². The summed E-state index contributed by atoms with van der Waals surface area (Å²) in [6.07, 6.45) is 2.55. The summed E-state index contributed by atoms with van der Waals surface area (Å²) >= 11 is 0. The van der Waals surface area contributed by atoms with Crippen molar-refractivity contribution in [2.75, 3.05) is 20.2 Å². The molecular weight excluding hydrogens is 338 g/mol. The van der Waals surface area contributed by atoms with E-state index >= 15 is 0 Å². The maximum absolute atomic E-state index is 12.8. The first-order chi connectivity index (χ1) is 13.2. The normalized spacial score (nSPS) is 17.1. The van der Waals surface area contributed by atoms with E-state index in [1.165, 1.54) is 5.56 Å². The zero-order chi connectivity index (χ0) is 18.6. The van der Waals surface area contributed by atoms with Crippen LogP contribution in [0.25, 0.3) is 10.9 Å². The number of fused-ring (bicyclic) bond motifs is 1. The van der Waals surface area contributed by atoms with Crippen molar-refractivity contribution in [1.29, 1.82) is 0 Å². The van der Waals surface area contributed by atoms with Crippen molar-refractivity contribution < 1.29 is 9.53 Å². The number of carbonyl (C=O) groups is 1. The fourth-order valence-electron chi connectivity index (χ4n) is 3.70. The number of nitrogens with zero attached hydrogens (tertiary/aromatic N) is 2. The van der Waals surface area contributed by atoms with E-state index in [2.05, 4.69) is 39.5 Å². The number of rotatable bonds is 5. The summed E-state index contributed by atoms with van der Waals surface area (Å²) < 4.78 is 5.53. The SMILES string of the molecule is COc1c(C(=O)NC2CCN(Cc3ccccc3)C2)cnc2ccccc12. The molecule has 1 fully saturated rings. The van der Waals surface area contributed by atoms with Gasteiger partial charge in [-0.25, -0.2) is 0 Å². The van der Waals surface area contributed by atoms with Crippen molar-refractivity contribution in [3.63, 3.8) is 0 Å². The Hall–Kier alpha value is -2.92. The molecule has 1 amide bonds. The van der Waals surface area contributed by atoms with Gasteiger partial charge in [-0.2, -0.15) is 0 Å². The van der Waals surface area contributed by atoms with Crippen LogP contribution in [0.5, 0.6) is 5.75 Å². The molecule has 1 atom stereocenters. The number of ether oxygens (including phenoxy) is 1. The van der Waals surface area contributed by atoms with E-state index < -0.39 is 0 Å². The lowest BCUT2D eigenvalue weighted by Gasteiger charge is -2.17. The summed E-state index contributed by atoms with van der Waals surface area (Å²) in [5, 5.41) is 4.00. The molecule has 0 aliphatic carbocycles. The molecule has 1 N–H and O–H groups in total. The van der Waals surface area contributed by atoms with Crippen molar-refractivity contribution in [1.82, 2.24) is 15.2 Å². The summed E-state index contributed by atoms with van der Waals surface area (Å²) in [7, 11) is 1.59. The average Bonchev–Trinajstić information content (AvgIpc) is 3.14. The van der Waals surface area contributed by atoms with Gasteiger partial charge in [0.15, 0.2) is 0 Å². The lowest BCUT2D eigenvalue weighted by molar-refractivity contribution is 0.0934. The molecule has 138 valence electrons. The summed E-state index contributed by atoms with van der Waals surface area (Å²) in [5.41, 5.74) is 2.60. The number of amides is 1. The molecule has 0 spiro atoms. The number of hydrogen-bond donors (Lipinski definition) is 1. The Morgan fingerprint density at radius 3 is 2.78 bits per heavy atom. The Kier molecular flexibility index (Phi) is 5.03. The smallest absolute Gasteiger partial charge is 0.256 e.